The van der Waals surface area contributed by atoms with Gasteiger partial charge < -0.3 is 0 Å². The van der Waals surface area contributed by atoms with Crippen molar-refractivity contribution in [2.24, 2.45) is 0 Å². The van der Waals surface area contributed by atoms with Gasteiger partial charge in [0.1, 0.15) is 0 Å². The number of hydrogen-bond donors (Lipinski definition) is 0. The lowest BCUT2D eigenvalue weighted by Gasteiger charge is -2.10. The summed E-state index contributed by atoms with van der Waals surface area (Å²) in [4.78, 5) is 12.7. The predicted octanol–water partition coefficient (Wildman–Crippen LogP) is 5.08. The summed E-state index contributed by atoms with van der Waals surface area (Å²) in [5.41, 5.74) is 0.443. The highest BCUT2D eigenvalue weighted by Crippen LogP contribution is 2.29. The van der Waals surface area contributed by atoms with Crippen LogP contribution >= 0.6 is 11.8 Å². The van der Waals surface area contributed by atoms with Gasteiger partial charge in [-0.1, -0.05) is 42.5 Å². The first-order chi connectivity index (χ1) is 10.4. The fraction of sp³-hybridized carbons (Fsp3) is 0.118. The molecule has 0 saturated heterocycles. The summed E-state index contributed by atoms with van der Waals surface area (Å²) in [5.74, 6) is -1.84. The molecule has 0 fully saturated rings. The summed E-state index contributed by atoms with van der Waals surface area (Å²) in [6.07, 6.45) is -1.72. The molecule has 0 heterocycles. The zero-order chi connectivity index (χ0) is 16.2. The standard InChI is InChI=1S/C17H13F3OS/c1-22-14-9-7-12(8-10-14)11-15(16(21)17(18,19)20)13-5-3-2-4-6-13/h2-11H,1H3. The molecular weight excluding hydrogens is 309 g/mol. The van der Waals surface area contributed by atoms with Gasteiger partial charge in [-0.25, -0.2) is 0 Å². The molecule has 5 heteroatoms. The van der Waals surface area contributed by atoms with E-state index in [1.165, 1.54) is 30.0 Å². The van der Waals surface area contributed by atoms with Crippen LogP contribution in [0.25, 0.3) is 11.6 Å². The maximum Gasteiger partial charge on any atom is 0.454 e. The largest absolute Gasteiger partial charge is 0.454 e. The number of carbonyl (C=O) groups excluding carboxylic acids is 1. The van der Waals surface area contributed by atoms with Crippen LogP contribution in [0.2, 0.25) is 0 Å². The van der Waals surface area contributed by atoms with Crippen LogP contribution in [-0.4, -0.2) is 18.2 Å². The van der Waals surface area contributed by atoms with Gasteiger partial charge in [0.15, 0.2) is 0 Å². The fourth-order valence-corrected chi connectivity index (χ4v) is 2.33. The van der Waals surface area contributed by atoms with Crippen molar-refractivity contribution in [1.82, 2.24) is 0 Å². The van der Waals surface area contributed by atoms with E-state index in [2.05, 4.69) is 0 Å². The van der Waals surface area contributed by atoms with Gasteiger partial charge in [0.05, 0.1) is 0 Å². The molecule has 0 unspecified atom stereocenters. The molecule has 114 valence electrons. The molecule has 0 spiro atoms. The summed E-state index contributed by atoms with van der Waals surface area (Å²) >= 11 is 1.54. The van der Waals surface area contributed by atoms with Gasteiger partial charge >= 0.3 is 6.18 Å². The van der Waals surface area contributed by atoms with E-state index in [-0.39, 0.29) is 11.1 Å². The number of carbonyl (C=O) groups is 1. The van der Waals surface area contributed by atoms with E-state index in [0.29, 0.717) is 5.56 Å². The molecule has 0 bridgehead atoms. The van der Waals surface area contributed by atoms with Crippen molar-refractivity contribution in [2.75, 3.05) is 6.26 Å². The van der Waals surface area contributed by atoms with E-state index in [4.69, 9.17) is 0 Å². The molecule has 22 heavy (non-hydrogen) atoms. The zero-order valence-corrected chi connectivity index (χ0v) is 12.5. The highest BCUT2D eigenvalue weighted by molar-refractivity contribution is 7.98. The number of benzene rings is 2. The molecule has 0 atom stereocenters. The number of allylic oxidation sites excluding steroid dienone is 1. The Morgan fingerprint density at radius 1 is 1.00 bits per heavy atom. The topological polar surface area (TPSA) is 17.1 Å². The third-order valence-corrected chi connectivity index (χ3v) is 3.76. The zero-order valence-electron chi connectivity index (χ0n) is 11.7. The molecule has 2 rings (SSSR count). The van der Waals surface area contributed by atoms with Gasteiger partial charge in [-0.2, -0.15) is 13.2 Å². The monoisotopic (exact) mass is 322 g/mol. The van der Waals surface area contributed by atoms with Crippen molar-refractivity contribution in [3.05, 3.63) is 65.7 Å². The van der Waals surface area contributed by atoms with Gasteiger partial charge in [-0.3, -0.25) is 4.79 Å². The van der Waals surface area contributed by atoms with Crippen molar-refractivity contribution in [1.29, 1.82) is 0 Å². The molecule has 0 aliphatic heterocycles. The molecule has 0 aliphatic carbocycles. The minimum absolute atomic E-state index is 0.249. The van der Waals surface area contributed by atoms with Crippen molar-refractivity contribution >= 4 is 29.2 Å². The van der Waals surface area contributed by atoms with Gasteiger partial charge in [-0.15, -0.1) is 11.8 Å². The minimum atomic E-state index is -4.90. The lowest BCUT2D eigenvalue weighted by atomic mass is 9.98. The van der Waals surface area contributed by atoms with Crippen molar-refractivity contribution in [3.8, 4) is 0 Å². The van der Waals surface area contributed by atoms with Crippen LogP contribution in [0.15, 0.2) is 59.5 Å². The van der Waals surface area contributed by atoms with Gasteiger partial charge in [0.25, 0.3) is 5.78 Å². The average Bonchev–Trinajstić information content (AvgIpc) is 2.52. The quantitative estimate of drug-likeness (QED) is 0.443. The van der Waals surface area contributed by atoms with Crippen molar-refractivity contribution in [2.45, 2.75) is 11.1 Å². The van der Waals surface area contributed by atoms with Crippen LogP contribution in [0, 0.1) is 0 Å². The number of alkyl halides is 3. The number of hydrogen-bond acceptors (Lipinski definition) is 2. The third kappa shape index (κ3) is 4.01. The lowest BCUT2D eigenvalue weighted by Crippen LogP contribution is -2.23. The second kappa shape index (κ2) is 6.83. The minimum Gasteiger partial charge on any atom is -0.284 e. The predicted molar refractivity (Wildman–Crippen MR) is 83.6 cm³/mol. The van der Waals surface area contributed by atoms with Crippen LogP contribution in [0.3, 0.4) is 0 Å². The first-order valence-corrected chi connectivity index (χ1v) is 7.67. The molecule has 0 radical (unpaired) electrons. The average molecular weight is 322 g/mol. The van der Waals surface area contributed by atoms with Gasteiger partial charge in [0.2, 0.25) is 0 Å². The highest BCUT2D eigenvalue weighted by atomic mass is 32.2. The molecule has 1 nitrogen and oxygen atoms in total. The van der Waals surface area contributed by atoms with E-state index in [1.54, 1.807) is 42.5 Å². The summed E-state index contributed by atoms with van der Waals surface area (Å²) in [6.45, 7) is 0. The van der Waals surface area contributed by atoms with Crippen LogP contribution in [0.5, 0.6) is 0 Å². The number of halogens is 3. The molecule has 0 saturated carbocycles. The van der Waals surface area contributed by atoms with Crippen LogP contribution in [0.4, 0.5) is 13.2 Å². The van der Waals surface area contributed by atoms with E-state index in [9.17, 15) is 18.0 Å². The molecule has 2 aromatic rings. The Labute approximate surface area is 130 Å². The summed E-state index contributed by atoms with van der Waals surface area (Å²) in [7, 11) is 0. The number of rotatable bonds is 4. The van der Waals surface area contributed by atoms with E-state index < -0.39 is 12.0 Å². The summed E-state index contributed by atoms with van der Waals surface area (Å²) in [5, 5.41) is 0. The highest BCUT2D eigenvalue weighted by Gasteiger charge is 2.40. The SMILES string of the molecule is CSc1ccc(C=C(C(=O)C(F)(F)F)c2ccccc2)cc1. The number of Topliss-reactive ketones (excluding diaryl/α,β-unsaturated/α-hetero) is 1. The molecular formula is C17H13F3OS. The summed E-state index contributed by atoms with van der Waals surface area (Å²) < 4.78 is 38.4. The Morgan fingerprint density at radius 3 is 2.09 bits per heavy atom. The van der Waals surface area contributed by atoms with E-state index >= 15 is 0 Å². The second-order valence-corrected chi connectivity index (χ2v) is 5.40. The van der Waals surface area contributed by atoms with Gasteiger partial charge in [0, 0.05) is 10.5 Å². The summed E-state index contributed by atoms with van der Waals surface area (Å²) in [6, 6.07) is 14.9. The number of thioether (sulfide) groups is 1. The first-order valence-electron chi connectivity index (χ1n) is 6.44. The molecule has 0 amide bonds. The third-order valence-electron chi connectivity index (χ3n) is 3.01. The second-order valence-electron chi connectivity index (χ2n) is 4.52. The van der Waals surface area contributed by atoms with Crippen LogP contribution < -0.4 is 0 Å². The fourth-order valence-electron chi connectivity index (χ4n) is 1.92. The molecule has 0 aliphatic rings. The number of ketones is 1. The molecule has 0 aromatic heterocycles. The maximum absolute atomic E-state index is 12.8. The van der Waals surface area contributed by atoms with Gasteiger partial charge in [-0.05, 0) is 35.6 Å². The first kappa shape index (κ1) is 16.4. The molecule has 0 N–H and O–H groups in total. The Morgan fingerprint density at radius 2 is 1.59 bits per heavy atom. The lowest BCUT2D eigenvalue weighted by molar-refractivity contribution is -0.164. The Balaban J connectivity index is 2.48. The Hall–Kier alpha value is -2.01. The normalized spacial score (nSPS) is 12.3. The van der Waals surface area contributed by atoms with Crippen molar-refractivity contribution in [3.63, 3.8) is 0 Å². The van der Waals surface area contributed by atoms with Crippen molar-refractivity contribution < 1.29 is 18.0 Å². The molecule has 2 aromatic carbocycles. The Kier molecular flexibility index (Phi) is 5.08. The Bertz CT molecular complexity index is 673. The van der Waals surface area contributed by atoms with E-state index in [1.807, 2.05) is 6.26 Å². The van der Waals surface area contributed by atoms with Crippen LogP contribution in [0.1, 0.15) is 11.1 Å². The van der Waals surface area contributed by atoms with E-state index in [0.717, 1.165) is 4.90 Å². The van der Waals surface area contributed by atoms with Crippen LogP contribution in [-0.2, 0) is 4.79 Å². The maximum atomic E-state index is 12.8. The smallest absolute Gasteiger partial charge is 0.284 e.